The Balaban J connectivity index is 2.50. The first-order valence-corrected chi connectivity index (χ1v) is 14.2. The number of nitrogens with one attached hydrogen (secondary N) is 1. The molecule has 0 saturated carbocycles. The van der Waals surface area contributed by atoms with Gasteiger partial charge in [0.05, 0.1) is 25.1 Å². The second kappa shape index (κ2) is 8.82. The van der Waals surface area contributed by atoms with Crippen LogP contribution >= 0.6 is 0 Å². The van der Waals surface area contributed by atoms with Gasteiger partial charge in [-0.25, -0.2) is 13.1 Å². The van der Waals surface area contributed by atoms with Crippen molar-refractivity contribution in [3.05, 3.63) is 42.0 Å². The van der Waals surface area contributed by atoms with Gasteiger partial charge in [0.15, 0.2) is 0 Å². The van der Waals surface area contributed by atoms with E-state index in [0.29, 0.717) is 23.0 Å². The Morgan fingerprint density at radius 1 is 1.00 bits per heavy atom. The summed E-state index contributed by atoms with van der Waals surface area (Å²) < 4.78 is 29.1. The Bertz CT molecular complexity index is 763. The summed E-state index contributed by atoms with van der Waals surface area (Å²) >= 11 is 0. The molecule has 0 amide bonds. The van der Waals surface area contributed by atoms with Gasteiger partial charge in [0.2, 0.25) is 10.0 Å². The smallest absolute Gasteiger partial charge is 0.240 e. The third-order valence-corrected chi connectivity index (χ3v) is 15.9. The third-order valence-electron chi connectivity index (χ3n) is 6.72. The molecule has 158 valence electrons. The van der Waals surface area contributed by atoms with Gasteiger partial charge in [0.1, 0.15) is 0 Å². The van der Waals surface area contributed by atoms with E-state index in [-0.39, 0.29) is 10.4 Å². The first-order chi connectivity index (χ1) is 12.9. The number of hydrogen-bond donors (Lipinski definition) is 2. The van der Waals surface area contributed by atoms with Gasteiger partial charge in [-0.15, -0.1) is 0 Å². The molecule has 3 atom stereocenters. The standard InChI is InChI=1S/C22H37NO3SSi/c1-15(2)28(16(3)4,17(5)6)21-10-8-9-20(24)22(21)23-27(25,26)19-13-11-18(7)12-14-19/h8,10-17,20-24H,9H2,1-7H3/t20-,21-,22-/m0/s1. The molecule has 0 aromatic heterocycles. The predicted molar refractivity (Wildman–Crippen MR) is 120 cm³/mol. The van der Waals surface area contributed by atoms with Gasteiger partial charge in [-0.3, -0.25) is 0 Å². The monoisotopic (exact) mass is 423 g/mol. The Hall–Kier alpha value is -0.953. The first-order valence-electron chi connectivity index (χ1n) is 10.4. The highest BCUT2D eigenvalue weighted by molar-refractivity contribution is 7.89. The van der Waals surface area contributed by atoms with E-state index in [4.69, 9.17) is 0 Å². The molecule has 2 rings (SSSR count). The highest BCUT2D eigenvalue weighted by Crippen LogP contribution is 2.52. The maximum atomic E-state index is 13.1. The lowest BCUT2D eigenvalue weighted by atomic mass is 9.99. The molecule has 0 heterocycles. The van der Waals surface area contributed by atoms with Gasteiger partial charge in [-0.2, -0.15) is 0 Å². The van der Waals surface area contributed by atoms with Crippen LogP contribution in [0.15, 0.2) is 41.3 Å². The molecule has 4 nitrogen and oxygen atoms in total. The van der Waals surface area contributed by atoms with E-state index >= 15 is 0 Å². The van der Waals surface area contributed by atoms with Crippen LogP contribution in [0.25, 0.3) is 0 Å². The molecule has 6 heteroatoms. The Morgan fingerprint density at radius 2 is 1.50 bits per heavy atom. The van der Waals surface area contributed by atoms with Crippen LogP contribution in [0.4, 0.5) is 0 Å². The Kier molecular flexibility index (Phi) is 7.35. The van der Waals surface area contributed by atoms with Crippen molar-refractivity contribution >= 4 is 18.1 Å². The molecule has 28 heavy (non-hydrogen) atoms. The lowest BCUT2D eigenvalue weighted by Crippen LogP contribution is -2.59. The van der Waals surface area contributed by atoms with Crippen LogP contribution in [0.2, 0.25) is 22.2 Å². The van der Waals surface area contributed by atoms with Gasteiger partial charge in [-0.1, -0.05) is 88.0 Å². The molecular weight excluding hydrogens is 386 g/mol. The molecule has 1 aliphatic carbocycles. The van der Waals surface area contributed by atoms with Crippen molar-refractivity contribution in [2.24, 2.45) is 0 Å². The summed E-state index contributed by atoms with van der Waals surface area (Å²) in [5.74, 6) is 0. The number of aryl methyl sites for hydroxylation is 1. The fourth-order valence-electron chi connectivity index (χ4n) is 5.62. The van der Waals surface area contributed by atoms with Crippen LogP contribution < -0.4 is 4.72 Å². The number of aliphatic hydroxyl groups excluding tert-OH is 1. The summed E-state index contributed by atoms with van der Waals surface area (Å²) in [5, 5.41) is 10.8. The minimum atomic E-state index is -3.70. The summed E-state index contributed by atoms with van der Waals surface area (Å²) in [6.45, 7) is 15.6. The molecule has 0 saturated heterocycles. The summed E-state index contributed by atoms with van der Waals surface area (Å²) in [7, 11) is -5.72. The van der Waals surface area contributed by atoms with Gasteiger partial charge in [-0.05, 0) is 31.0 Å². The second-order valence-electron chi connectivity index (χ2n) is 9.18. The normalized spacial score (nSPS) is 23.8. The molecule has 2 N–H and O–H groups in total. The molecule has 0 fully saturated rings. The van der Waals surface area contributed by atoms with E-state index in [1.807, 2.05) is 13.0 Å². The summed E-state index contributed by atoms with van der Waals surface area (Å²) in [5.41, 5.74) is 2.48. The number of hydrogen-bond acceptors (Lipinski definition) is 3. The van der Waals surface area contributed by atoms with E-state index in [1.54, 1.807) is 24.3 Å². The van der Waals surface area contributed by atoms with E-state index in [0.717, 1.165) is 5.56 Å². The number of benzene rings is 1. The highest BCUT2D eigenvalue weighted by Gasteiger charge is 2.53. The first kappa shape index (κ1) is 23.3. The molecule has 0 radical (unpaired) electrons. The zero-order chi connectivity index (χ0) is 21.3. The molecule has 0 spiro atoms. The van der Waals surface area contributed by atoms with Gasteiger partial charge >= 0.3 is 0 Å². The van der Waals surface area contributed by atoms with E-state index in [1.165, 1.54) is 0 Å². The van der Waals surface area contributed by atoms with Crippen molar-refractivity contribution in [1.29, 1.82) is 0 Å². The second-order valence-corrected chi connectivity index (χ2v) is 17.0. The fourth-order valence-corrected chi connectivity index (χ4v) is 14.7. The highest BCUT2D eigenvalue weighted by atomic mass is 32.2. The fraction of sp³-hybridized carbons (Fsp3) is 0.636. The molecular formula is C22H37NO3SSi. The average Bonchev–Trinajstić information content (AvgIpc) is 2.57. The van der Waals surface area contributed by atoms with Crippen LogP contribution in [0.5, 0.6) is 0 Å². The number of aliphatic hydroxyl groups is 1. The van der Waals surface area contributed by atoms with E-state index in [2.05, 4.69) is 52.3 Å². The largest absolute Gasteiger partial charge is 0.391 e. The van der Waals surface area contributed by atoms with Crippen molar-refractivity contribution in [2.75, 3.05) is 0 Å². The van der Waals surface area contributed by atoms with E-state index in [9.17, 15) is 13.5 Å². The number of sulfonamides is 1. The van der Waals surface area contributed by atoms with Crippen LogP contribution in [0.3, 0.4) is 0 Å². The quantitative estimate of drug-likeness (QED) is 0.478. The zero-order valence-corrected chi connectivity index (χ0v) is 20.1. The van der Waals surface area contributed by atoms with E-state index < -0.39 is 30.2 Å². The third kappa shape index (κ3) is 4.30. The lowest BCUT2D eigenvalue weighted by Gasteiger charge is -2.52. The molecule has 0 unspecified atom stereocenters. The maximum Gasteiger partial charge on any atom is 0.240 e. The zero-order valence-electron chi connectivity index (χ0n) is 18.3. The van der Waals surface area contributed by atoms with Gasteiger partial charge in [0, 0.05) is 0 Å². The predicted octanol–water partition coefficient (Wildman–Crippen LogP) is 5.01. The van der Waals surface area contributed by atoms with Crippen molar-refractivity contribution in [3.8, 4) is 0 Å². The van der Waals surface area contributed by atoms with Gasteiger partial charge < -0.3 is 5.11 Å². The minimum Gasteiger partial charge on any atom is -0.391 e. The molecule has 0 bridgehead atoms. The molecule has 1 aliphatic rings. The van der Waals surface area contributed by atoms with Crippen molar-refractivity contribution < 1.29 is 13.5 Å². The summed E-state index contributed by atoms with van der Waals surface area (Å²) in [6, 6.07) is 6.39. The SMILES string of the molecule is Cc1ccc(S(=O)(=O)N[C@H]2[C@@H](O)CC=C[C@@H]2[Si](C(C)C)(C(C)C)C(C)C)cc1. The van der Waals surface area contributed by atoms with Gasteiger partial charge in [0.25, 0.3) is 0 Å². The van der Waals surface area contributed by atoms with Crippen LogP contribution in [-0.2, 0) is 10.0 Å². The summed E-state index contributed by atoms with van der Waals surface area (Å²) in [6.07, 6.45) is 4.01. The average molecular weight is 424 g/mol. The van der Waals surface area contributed by atoms with Crippen molar-refractivity contribution in [1.82, 2.24) is 4.72 Å². The molecule has 1 aromatic rings. The van der Waals surface area contributed by atoms with Crippen LogP contribution in [0.1, 0.15) is 53.5 Å². The van der Waals surface area contributed by atoms with Crippen LogP contribution in [0, 0.1) is 6.92 Å². The topological polar surface area (TPSA) is 66.4 Å². The van der Waals surface area contributed by atoms with Crippen molar-refractivity contribution in [2.45, 2.75) is 94.1 Å². The summed E-state index contributed by atoms with van der Waals surface area (Å²) in [4.78, 5) is 0.254. The number of rotatable bonds is 7. The molecule has 1 aromatic carbocycles. The van der Waals surface area contributed by atoms with Crippen LogP contribution in [-0.4, -0.2) is 33.7 Å². The lowest BCUT2D eigenvalue weighted by molar-refractivity contribution is 0.134. The Labute approximate surface area is 172 Å². The van der Waals surface area contributed by atoms with Crippen molar-refractivity contribution in [3.63, 3.8) is 0 Å². The molecule has 0 aliphatic heterocycles. The minimum absolute atomic E-state index is 0.0523. The maximum absolute atomic E-state index is 13.1. The Morgan fingerprint density at radius 3 is 1.96 bits per heavy atom.